The standard InChI is InChI=1S/C14H18F3N/c1-13(7-2-3-8-13)12(18)10-5-4-6-11(9-10)14(15,16)17/h4-6,9,12H,2-3,7-8,18H2,1H3. The second kappa shape index (κ2) is 4.57. The van der Waals surface area contributed by atoms with Crippen LogP contribution in [0.4, 0.5) is 13.2 Å². The van der Waals surface area contributed by atoms with Gasteiger partial charge in [0.25, 0.3) is 0 Å². The van der Waals surface area contributed by atoms with Gasteiger partial charge in [-0.25, -0.2) is 0 Å². The zero-order valence-corrected chi connectivity index (χ0v) is 10.4. The molecule has 1 aliphatic rings. The van der Waals surface area contributed by atoms with Crippen molar-refractivity contribution in [3.8, 4) is 0 Å². The maximum absolute atomic E-state index is 12.7. The molecule has 100 valence electrons. The Hall–Kier alpha value is -1.03. The van der Waals surface area contributed by atoms with Crippen molar-refractivity contribution in [1.29, 1.82) is 0 Å². The minimum absolute atomic E-state index is 0.0653. The quantitative estimate of drug-likeness (QED) is 0.840. The van der Waals surface area contributed by atoms with Crippen LogP contribution < -0.4 is 5.73 Å². The van der Waals surface area contributed by atoms with Gasteiger partial charge in [0, 0.05) is 6.04 Å². The van der Waals surface area contributed by atoms with Gasteiger partial charge in [-0.2, -0.15) is 13.2 Å². The summed E-state index contributed by atoms with van der Waals surface area (Å²) >= 11 is 0. The van der Waals surface area contributed by atoms with Crippen LogP contribution in [-0.2, 0) is 6.18 Å². The Balaban J connectivity index is 2.28. The van der Waals surface area contributed by atoms with E-state index in [1.54, 1.807) is 6.07 Å². The van der Waals surface area contributed by atoms with Crippen LogP contribution in [0.25, 0.3) is 0 Å². The molecule has 4 heteroatoms. The number of halogens is 3. The highest BCUT2D eigenvalue weighted by Gasteiger charge is 2.37. The number of nitrogens with two attached hydrogens (primary N) is 1. The predicted molar refractivity (Wildman–Crippen MR) is 64.9 cm³/mol. The SMILES string of the molecule is CC1(C(N)c2cccc(C(F)(F)F)c2)CCCC1. The van der Waals surface area contributed by atoms with Gasteiger partial charge in [-0.3, -0.25) is 0 Å². The Kier molecular flexibility index (Phi) is 3.41. The summed E-state index contributed by atoms with van der Waals surface area (Å²) in [6, 6.07) is 5.10. The fraction of sp³-hybridized carbons (Fsp3) is 0.571. The molecule has 1 saturated carbocycles. The largest absolute Gasteiger partial charge is 0.416 e. The fourth-order valence-electron chi connectivity index (χ4n) is 2.80. The van der Waals surface area contributed by atoms with Crippen molar-refractivity contribution in [1.82, 2.24) is 0 Å². The first-order valence-electron chi connectivity index (χ1n) is 6.26. The third-order valence-corrected chi connectivity index (χ3v) is 4.07. The highest BCUT2D eigenvalue weighted by atomic mass is 19.4. The first-order valence-corrected chi connectivity index (χ1v) is 6.26. The third-order valence-electron chi connectivity index (χ3n) is 4.07. The lowest BCUT2D eigenvalue weighted by molar-refractivity contribution is -0.137. The van der Waals surface area contributed by atoms with E-state index in [4.69, 9.17) is 5.73 Å². The molecule has 0 radical (unpaired) electrons. The molecule has 0 spiro atoms. The molecule has 0 aliphatic heterocycles. The molecule has 1 unspecified atom stereocenters. The van der Waals surface area contributed by atoms with Gasteiger partial charge in [0.15, 0.2) is 0 Å². The van der Waals surface area contributed by atoms with Crippen LogP contribution in [0.15, 0.2) is 24.3 Å². The molecule has 1 nitrogen and oxygen atoms in total. The van der Waals surface area contributed by atoms with Gasteiger partial charge in [0.1, 0.15) is 0 Å². The van der Waals surface area contributed by atoms with Crippen molar-refractivity contribution in [2.24, 2.45) is 11.1 Å². The smallest absolute Gasteiger partial charge is 0.323 e. The van der Waals surface area contributed by atoms with Crippen LogP contribution in [0.1, 0.15) is 49.8 Å². The highest BCUT2D eigenvalue weighted by molar-refractivity contribution is 5.29. The molecule has 0 aromatic heterocycles. The van der Waals surface area contributed by atoms with Gasteiger partial charge in [-0.15, -0.1) is 0 Å². The molecule has 18 heavy (non-hydrogen) atoms. The van der Waals surface area contributed by atoms with Crippen LogP contribution in [0.3, 0.4) is 0 Å². The Labute approximate surface area is 105 Å². The molecule has 0 saturated heterocycles. The minimum Gasteiger partial charge on any atom is -0.323 e. The van der Waals surface area contributed by atoms with E-state index in [1.165, 1.54) is 12.1 Å². The Morgan fingerprint density at radius 2 is 1.83 bits per heavy atom. The maximum Gasteiger partial charge on any atom is 0.416 e. The van der Waals surface area contributed by atoms with Crippen molar-refractivity contribution >= 4 is 0 Å². The van der Waals surface area contributed by atoms with Gasteiger partial charge in [-0.1, -0.05) is 31.9 Å². The third kappa shape index (κ3) is 2.53. The fourth-order valence-corrected chi connectivity index (χ4v) is 2.80. The number of alkyl halides is 3. The summed E-state index contributed by atoms with van der Waals surface area (Å²) in [6.07, 6.45) is -0.0898. The monoisotopic (exact) mass is 257 g/mol. The summed E-state index contributed by atoms with van der Waals surface area (Å²) in [6.45, 7) is 2.07. The van der Waals surface area contributed by atoms with E-state index in [0.717, 1.165) is 31.7 Å². The summed E-state index contributed by atoms with van der Waals surface area (Å²) in [5.41, 5.74) is 6.09. The first-order chi connectivity index (χ1) is 8.33. The molecule has 1 fully saturated rings. The number of rotatable bonds is 2. The van der Waals surface area contributed by atoms with Crippen molar-refractivity contribution in [3.63, 3.8) is 0 Å². The van der Waals surface area contributed by atoms with Gasteiger partial charge in [-0.05, 0) is 36.0 Å². The molecule has 1 atom stereocenters. The maximum atomic E-state index is 12.7. The van der Waals surface area contributed by atoms with Crippen LogP contribution in [0.2, 0.25) is 0 Å². The molecule has 2 N–H and O–H groups in total. The molecular formula is C14H18F3N. The molecule has 1 aliphatic carbocycles. The van der Waals surface area contributed by atoms with Crippen molar-refractivity contribution in [3.05, 3.63) is 35.4 Å². The summed E-state index contributed by atoms with van der Waals surface area (Å²) in [7, 11) is 0. The summed E-state index contributed by atoms with van der Waals surface area (Å²) in [5, 5.41) is 0. The topological polar surface area (TPSA) is 26.0 Å². The normalized spacial score (nSPS) is 20.9. The summed E-state index contributed by atoms with van der Waals surface area (Å²) < 4.78 is 38.0. The summed E-state index contributed by atoms with van der Waals surface area (Å²) in [5.74, 6) is 0. The van der Waals surface area contributed by atoms with Gasteiger partial charge in [0.2, 0.25) is 0 Å². The molecule has 0 amide bonds. The number of hydrogen-bond acceptors (Lipinski definition) is 1. The average molecular weight is 257 g/mol. The summed E-state index contributed by atoms with van der Waals surface area (Å²) in [4.78, 5) is 0. The van der Waals surface area contributed by atoms with Gasteiger partial charge >= 0.3 is 6.18 Å². The van der Waals surface area contributed by atoms with E-state index in [0.29, 0.717) is 5.56 Å². The Bertz CT molecular complexity index is 419. The molecule has 0 heterocycles. The molecule has 0 bridgehead atoms. The molecule has 1 aromatic carbocycles. The predicted octanol–water partition coefficient (Wildman–Crippen LogP) is 4.29. The lowest BCUT2D eigenvalue weighted by Gasteiger charge is -2.31. The van der Waals surface area contributed by atoms with Gasteiger partial charge in [0.05, 0.1) is 5.56 Å². The highest BCUT2D eigenvalue weighted by Crippen LogP contribution is 2.46. The average Bonchev–Trinajstić information content (AvgIpc) is 2.75. The zero-order chi connectivity index (χ0) is 13.4. The van der Waals surface area contributed by atoms with Crippen LogP contribution in [-0.4, -0.2) is 0 Å². The Morgan fingerprint density at radius 1 is 1.22 bits per heavy atom. The molecule has 1 aromatic rings. The first kappa shape index (κ1) is 13.4. The van der Waals surface area contributed by atoms with E-state index in [-0.39, 0.29) is 11.5 Å². The van der Waals surface area contributed by atoms with Crippen LogP contribution in [0.5, 0.6) is 0 Å². The zero-order valence-electron chi connectivity index (χ0n) is 10.4. The number of hydrogen-bond donors (Lipinski definition) is 1. The number of benzene rings is 1. The lowest BCUT2D eigenvalue weighted by Crippen LogP contribution is -2.29. The minimum atomic E-state index is -4.30. The van der Waals surface area contributed by atoms with E-state index >= 15 is 0 Å². The van der Waals surface area contributed by atoms with Crippen molar-refractivity contribution in [2.45, 2.75) is 44.8 Å². The van der Waals surface area contributed by atoms with Gasteiger partial charge < -0.3 is 5.73 Å². The van der Waals surface area contributed by atoms with Crippen molar-refractivity contribution < 1.29 is 13.2 Å². The van der Waals surface area contributed by atoms with E-state index in [9.17, 15) is 13.2 Å². The Morgan fingerprint density at radius 3 is 2.39 bits per heavy atom. The van der Waals surface area contributed by atoms with E-state index in [2.05, 4.69) is 6.92 Å². The second-order valence-electron chi connectivity index (χ2n) is 5.46. The van der Waals surface area contributed by atoms with Crippen molar-refractivity contribution in [2.75, 3.05) is 0 Å². The van der Waals surface area contributed by atoms with Crippen LogP contribution in [0, 0.1) is 5.41 Å². The van der Waals surface area contributed by atoms with Crippen LogP contribution >= 0.6 is 0 Å². The molecule has 2 rings (SSSR count). The van der Waals surface area contributed by atoms with E-state index < -0.39 is 11.7 Å². The lowest BCUT2D eigenvalue weighted by atomic mass is 9.77. The molecular weight excluding hydrogens is 239 g/mol. The van der Waals surface area contributed by atoms with E-state index in [1.807, 2.05) is 0 Å². The second-order valence-corrected chi connectivity index (χ2v) is 5.46.